The molecule has 0 aromatic heterocycles. The molecular weight excluding hydrogens is 505 g/mol. The van der Waals surface area contributed by atoms with Crippen molar-refractivity contribution >= 4 is 41.5 Å². The Hall–Kier alpha value is -2.49. The SMILES string of the molecule is CN=C(NCc1cccc(OCC(=O)N(C)C)c1)NC1CCN(c2ccccc2)C1.I. The normalized spacial score (nSPS) is 15.8. The number of benzene rings is 2. The lowest BCUT2D eigenvalue weighted by molar-refractivity contribution is -0.130. The summed E-state index contributed by atoms with van der Waals surface area (Å²) in [5, 5.41) is 6.89. The van der Waals surface area contributed by atoms with E-state index in [1.54, 1.807) is 21.1 Å². The zero-order chi connectivity index (χ0) is 21.3. The summed E-state index contributed by atoms with van der Waals surface area (Å²) in [5.41, 5.74) is 2.32. The number of ether oxygens (including phenoxy) is 1. The van der Waals surface area contributed by atoms with Crippen LogP contribution >= 0.6 is 24.0 Å². The van der Waals surface area contributed by atoms with Crippen LogP contribution in [0.4, 0.5) is 5.69 Å². The van der Waals surface area contributed by atoms with Crippen molar-refractivity contribution in [3.8, 4) is 5.75 Å². The second kappa shape index (κ2) is 12.4. The number of hydrogen-bond acceptors (Lipinski definition) is 4. The quantitative estimate of drug-likeness (QED) is 0.323. The van der Waals surface area contributed by atoms with Gasteiger partial charge in [-0.3, -0.25) is 9.79 Å². The van der Waals surface area contributed by atoms with Gasteiger partial charge in [-0.2, -0.15) is 0 Å². The summed E-state index contributed by atoms with van der Waals surface area (Å²) in [6, 6.07) is 18.6. The minimum atomic E-state index is -0.0655. The molecule has 2 aromatic carbocycles. The van der Waals surface area contributed by atoms with Crippen LogP contribution in [0.2, 0.25) is 0 Å². The molecule has 31 heavy (non-hydrogen) atoms. The maximum atomic E-state index is 11.7. The molecule has 168 valence electrons. The second-order valence-corrected chi connectivity index (χ2v) is 7.56. The lowest BCUT2D eigenvalue weighted by Crippen LogP contribution is -2.44. The van der Waals surface area contributed by atoms with Crippen molar-refractivity contribution in [2.24, 2.45) is 4.99 Å². The average molecular weight is 537 g/mol. The van der Waals surface area contributed by atoms with E-state index < -0.39 is 0 Å². The van der Waals surface area contributed by atoms with Crippen molar-refractivity contribution < 1.29 is 9.53 Å². The molecule has 1 aliphatic heterocycles. The van der Waals surface area contributed by atoms with E-state index in [1.165, 1.54) is 10.6 Å². The Balaban J connectivity index is 0.00000341. The van der Waals surface area contributed by atoms with Crippen LogP contribution in [-0.2, 0) is 11.3 Å². The van der Waals surface area contributed by atoms with Crippen molar-refractivity contribution in [1.82, 2.24) is 15.5 Å². The number of aliphatic imine (C=N–C) groups is 1. The highest BCUT2D eigenvalue weighted by molar-refractivity contribution is 14.0. The van der Waals surface area contributed by atoms with Crippen molar-refractivity contribution in [2.45, 2.75) is 19.0 Å². The van der Waals surface area contributed by atoms with Gasteiger partial charge >= 0.3 is 0 Å². The number of carbonyl (C=O) groups is 1. The summed E-state index contributed by atoms with van der Waals surface area (Å²) in [7, 11) is 5.22. The molecular formula is C23H32IN5O2. The number of amides is 1. The summed E-state index contributed by atoms with van der Waals surface area (Å²) in [4.78, 5) is 20.0. The Kier molecular flexibility index (Phi) is 9.90. The Bertz CT molecular complexity index is 860. The highest BCUT2D eigenvalue weighted by Crippen LogP contribution is 2.19. The minimum Gasteiger partial charge on any atom is -0.484 e. The van der Waals surface area contributed by atoms with Gasteiger partial charge in [0.1, 0.15) is 5.75 Å². The van der Waals surface area contributed by atoms with Crippen LogP contribution in [0.3, 0.4) is 0 Å². The minimum absolute atomic E-state index is 0. The van der Waals surface area contributed by atoms with E-state index in [1.807, 2.05) is 30.3 Å². The largest absolute Gasteiger partial charge is 0.484 e. The predicted octanol–water partition coefficient (Wildman–Crippen LogP) is 2.72. The third-order valence-corrected chi connectivity index (χ3v) is 5.09. The van der Waals surface area contributed by atoms with Crippen molar-refractivity contribution in [1.29, 1.82) is 0 Å². The van der Waals surface area contributed by atoms with E-state index in [2.05, 4.69) is 44.8 Å². The van der Waals surface area contributed by atoms with Crippen LogP contribution in [-0.4, -0.2) is 63.6 Å². The summed E-state index contributed by atoms with van der Waals surface area (Å²) in [6.07, 6.45) is 1.07. The maximum Gasteiger partial charge on any atom is 0.259 e. The molecule has 1 fully saturated rings. The molecule has 1 amide bonds. The van der Waals surface area contributed by atoms with E-state index >= 15 is 0 Å². The van der Waals surface area contributed by atoms with Crippen LogP contribution in [0.1, 0.15) is 12.0 Å². The lowest BCUT2D eigenvalue weighted by Gasteiger charge is -2.20. The molecule has 1 atom stereocenters. The van der Waals surface area contributed by atoms with Gasteiger partial charge < -0.3 is 25.2 Å². The molecule has 1 aliphatic rings. The van der Waals surface area contributed by atoms with E-state index in [0.29, 0.717) is 18.3 Å². The number of hydrogen-bond donors (Lipinski definition) is 2. The van der Waals surface area contributed by atoms with Crippen LogP contribution in [0.5, 0.6) is 5.75 Å². The Morgan fingerprint density at radius 3 is 2.68 bits per heavy atom. The molecule has 8 heteroatoms. The number of carbonyl (C=O) groups excluding carboxylic acids is 1. The first-order valence-electron chi connectivity index (χ1n) is 10.2. The van der Waals surface area contributed by atoms with E-state index in [9.17, 15) is 4.79 Å². The highest BCUT2D eigenvalue weighted by atomic mass is 127. The van der Waals surface area contributed by atoms with Gasteiger partial charge in [0.2, 0.25) is 0 Å². The molecule has 7 nitrogen and oxygen atoms in total. The first-order chi connectivity index (χ1) is 14.5. The van der Waals surface area contributed by atoms with Gasteiger partial charge in [-0.1, -0.05) is 30.3 Å². The first-order valence-corrected chi connectivity index (χ1v) is 10.2. The molecule has 2 N–H and O–H groups in total. The molecule has 1 saturated heterocycles. The molecule has 1 heterocycles. The number of halogens is 1. The molecule has 2 aromatic rings. The summed E-state index contributed by atoms with van der Waals surface area (Å²) in [5.74, 6) is 1.40. The Labute approximate surface area is 201 Å². The standard InChI is InChI=1S/C23H31N5O2.HI/c1-24-23(26-19-12-13-28(16-19)20-9-5-4-6-10-20)25-15-18-8-7-11-21(14-18)30-17-22(29)27(2)3;/h4-11,14,19H,12-13,15-17H2,1-3H3,(H2,24,25,26);1H. The number of guanidine groups is 1. The monoisotopic (exact) mass is 537 g/mol. The van der Waals surface area contributed by atoms with Crippen molar-refractivity contribution in [3.05, 3.63) is 60.2 Å². The van der Waals surface area contributed by atoms with Gasteiger partial charge in [-0.15, -0.1) is 24.0 Å². The van der Waals surface area contributed by atoms with Gasteiger partial charge in [0.15, 0.2) is 12.6 Å². The number of rotatable bonds is 7. The molecule has 0 bridgehead atoms. The first kappa shape index (κ1) is 24.8. The third-order valence-electron chi connectivity index (χ3n) is 5.09. The molecule has 0 saturated carbocycles. The fraction of sp³-hybridized carbons (Fsp3) is 0.391. The molecule has 3 rings (SSSR count). The van der Waals surface area contributed by atoms with E-state index in [0.717, 1.165) is 31.0 Å². The highest BCUT2D eigenvalue weighted by Gasteiger charge is 2.23. The molecule has 0 radical (unpaired) electrons. The van der Waals surface area contributed by atoms with Gasteiger partial charge in [0.05, 0.1) is 0 Å². The van der Waals surface area contributed by atoms with Gasteiger partial charge in [-0.25, -0.2) is 0 Å². The van der Waals surface area contributed by atoms with Gasteiger partial charge in [0, 0.05) is 52.5 Å². The fourth-order valence-electron chi connectivity index (χ4n) is 3.34. The fourth-order valence-corrected chi connectivity index (χ4v) is 3.34. The van der Waals surface area contributed by atoms with Crippen LogP contribution < -0.4 is 20.3 Å². The van der Waals surface area contributed by atoms with Gasteiger partial charge in [-0.05, 0) is 36.2 Å². The zero-order valence-corrected chi connectivity index (χ0v) is 20.7. The Morgan fingerprint density at radius 2 is 1.97 bits per heavy atom. The number of anilines is 1. The zero-order valence-electron chi connectivity index (χ0n) is 18.4. The number of nitrogens with zero attached hydrogens (tertiary/aromatic N) is 3. The summed E-state index contributed by atoms with van der Waals surface area (Å²) < 4.78 is 5.59. The topological polar surface area (TPSA) is 69.2 Å². The second-order valence-electron chi connectivity index (χ2n) is 7.56. The van der Waals surface area contributed by atoms with Crippen LogP contribution in [0.15, 0.2) is 59.6 Å². The number of nitrogens with one attached hydrogen (secondary N) is 2. The predicted molar refractivity (Wildman–Crippen MR) is 136 cm³/mol. The summed E-state index contributed by atoms with van der Waals surface area (Å²) in [6.45, 7) is 2.64. The molecule has 1 unspecified atom stereocenters. The third kappa shape index (κ3) is 7.61. The molecule has 0 aliphatic carbocycles. The van der Waals surface area contributed by atoms with Crippen molar-refractivity contribution in [2.75, 3.05) is 45.7 Å². The van der Waals surface area contributed by atoms with Gasteiger partial charge in [0.25, 0.3) is 5.91 Å². The lowest BCUT2D eigenvalue weighted by atomic mass is 10.2. The molecule has 0 spiro atoms. The average Bonchev–Trinajstić information content (AvgIpc) is 3.24. The maximum absolute atomic E-state index is 11.7. The number of para-hydroxylation sites is 1. The van der Waals surface area contributed by atoms with Crippen LogP contribution in [0, 0.1) is 0 Å². The summed E-state index contributed by atoms with van der Waals surface area (Å²) >= 11 is 0. The number of likely N-dealkylation sites (N-methyl/N-ethyl adjacent to an activating group) is 1. The van der Waals surface area contributed by atoms with Crippen LogP contribution in [0.25, 0.3) is 0 Å². The smallest absolute Gasteiger partial charge is 0.259 e. The van der Waals surface area contributed by atoms with E-state index in [4.69, 9.17) is 4.74 Å². The van der Waals surface area contributed by atoms with Crippen molar-refractivity contribution in [3.63, 3.8) is 0 Å². The van der Waals surface area contributed by atoms with E-state index in [-0.39, 0.29) is 36.5 Å². The Morgan fingerprint density at radius 1 is 1.19 bits per heavy atom.